The molecule has 2 heterocycles. The molecular weight excluding hydrogens is 410 g/mol. The average molecular weight is 440 g/mol. The van der Waals surface area contributed by atoms with Crippen molar-refractivity contribution in [3.05, 3.63) is 101 Å². The molecule has 1 atom stereocenters. The number of amides is 1. The van der Waals surface area contributed by atoms with Crippen LogP contribution < -0.4 is 4.74 Å². The zero-order valence-electron chi connectivity index (χ0n) is 19.0. The maximum atomic E-state index is 13.2. The summed E-state index contributed by atoms with van der Waals surface area (Å²) in [5.41, 5.74) is 5.42. The van der Waals surface area contributed by atoms with Gasteiger partial charge in [0, 0.05) is 36.6 Å². The number of benzene rings is 3. The molecule has 0 aromatic heterocycles. The van der Waals surface area contributed by atoms with Gasteiger partial charge in [0.15, 0.2) is 5.78 Å². The number of hydrogen-bond donors (Lipinski definition) is 0. The molecule has 4 nitrogen and oxygen atoms in total. The maximum Gasteiger partial charge on any atom is 0.253 e. The number of ketones is 1. The third-order valence-corrected chi connectivity index (χ3v) is 6.94. The predicted octanol–water partition coefficient (Wildman–Crippen LogP) is 5.18. The molecule has 0 radical (unpaired) electrons. The Labute approximate surface area is 195 Å². The number of nitrogens with zero attached hydrogens (tertiary/aromatic N) is 1. The number of aryl methyl sites for hydroxylation is 1. The number of ether oxygens (including phenoxy) is 1. The van der Waals surface area contributed by atoms with Crippen LogP contribution in [0.3, 0.4) is 0 Å². The van der Waals surface area contributed by atoms with Crippen molar-refractivity contribution in [2.24, 2.45) is 5.92 Å². The number of carbonyl (C=O) groups is 2. The summed E-state index contributed by atoms with van der Waals surface area (Å²) in [5, 5.41) is 0. The molecule has 168 valence electrons. The van der Waals surface area contributed by atoms with E-state index in [0.717, 1.165) is 31.5 Å². The van der Waals surface area contributed by atoms with Gasteiger partial charge >= 0.3 is 0 Å². The summed E-state index contributed by atoms with van der Waals surface area (Å²) in [4.78, 5) is 26.9. The van der Waals surface area contributed by atoms with Crippen molar-refractivity contribution in [1.82, 2.24) is 4.90 Å². The SMILES string of the molecule is Cc1cccc([C@H](c2ccccc2)C2CCN(C(=O)c3ccc4c(c3)CC(=O)CO4)CC2)c1. The second-order valence-corrected chi connectivity index (χ2v) is 9.26. The van der Waals surface area contributed by atoms with Crippen molar-refractivity contribution in [3.63, 3.8) is 0 Å². The number of carbonyl (C=O) groups excluding carboxylic acids is 2. The van der Waals surface area contributed by atoms with E-state index in [-0.39, 0.29) is 18.3 Å². The van der Waals surface area contributed by atoms with Gasteiger partial charge in [0.2, 0.25) is 0 Å². The molecule has 1 amide bonds. The molecule has 0 saturated carbocycles. The van der Waals surface area contributed by atoms with Crippen LogP contribution in [0.15, 0.2) is 72.8 Å². The molecule has 4 heteroatoms. The van der Waals surface area contributed by atoms with Crippen LogP contribution in [0.25, 0.3) is 0 Å². The zero-order valence-corrected chi connectivity index (χ0v) is 19.0. The van der Waals surface area contributed by atoms with Crippen LogP contribution >= 0.6 is 0 Å². The largest absolute Gasteiger partial charge is 0.486 e. The van der Waals surface area contributed by atoms with E-state index in [9.17, 15) is 9.59 Å². The molecule has 33 heavy (non-hydrogen) atoms. The summed E-state index contributed by atoms with van der Waals surface area (Å²) in [6.45, 7) is 3.75. The second kappa shape index (κ2) is 9.22. The fraction of sp³-hybridized carbons (Fsp3) is 0.310. The summed E-state index contributed by atoms with van der Waals surface area (Å²) >= 11 is 0. The van der Waals surface area contributed by atoms with E-state index >= 15 is 0 Å². The number of likely N-dealkylation sites (tertiary alicyclic amines) is 1. The highest BCUT2D eigenvalue weighted by Crippen LogP contribution is 2.38. The Bertz CT molecular complexity index is 1160. The lowest BCUT2D eigenvalue weighted by Gasteiger charge is -2.37. The molecule has 2 aliphatic heterocycles. The lowest BCUT2D eigenvalue weighted by molar-refractivity contribution is -0.121. The fourth-order valence-corrected chi connectivity index (χ4v) is 5.29. The Hall–Kier alpha value is -3.40. The van der Waals surface area contributed by atoms with Crippen molar-refractivity contribution < 1.29 is 14.3 Å². The summed E-state index contributed by atoms with van der Waals surface area (Å²) < 4.78 is 5.47. The number of piperidine rings is 1. The molecule has 0 bridgehead atoms. The standard InChI is InChI=1S/C29H29NO3/c1-20-6-5-9-23(16-20)28(21-7-3-2-4-8-21)22-12-14-30(15-13-22)29(32)24-10-11-27-25(17-24)18-26(31)19-33-27/h2-11,16-17,22,28H,12-15,18-19H2,1H3/t28-/m1/s1. The van der Waals surface area contributed by atoms with Crippen molar-refractivity contribution in [2.45, 2.75) is 32.1 Å². The van der Waals surface area contributed by atoms with Crippen molar-refractivity contribution in [2.75, 3.05) is 19.7 Å². The van der Waals surface area contributed by atoms with Crippen LogP contribution in [0.4, 0.5) is 0 Å². The molecule has 1 fully saturated rings. The van der Waals surface area contributed by atoms with Gasteiger partial charge in [-0.2, -0.15) is 0 Å². The first-order valence-corrected chi connectivity index (χ1v) is 11.8. The van der Waals surface area contributed by atoms with E-state index in [0.29, 0.717) is 29.6 Å². The third kappa shape index (κ3) is 4.56. The highest BCUT2D eigenvalue weighted by atomic mass is 16.5. The Morgan fingerprint density at radius 1 is 0.939 bits per heavy atom. The topological polar surface area (TPSA) is 46.6 Å². The minimum atomic E-state index is 0.0427. The third-order valence-electron chi connectivity index (χ3n) is 6.94. The zero-order chi connectivity index (χ0) is 22.8. The van der Waals surface area contributed by atoms with E-state index in [2.05, 4.69) is 61.5 Å². The minimum Gasteiger partial charge on any atom is -0.486 e. The van der Waals surface area contributed by atoms with Crippen LogP contribution in [0.1, 0.15) is 51.4 Å². The molecule has 0 unspecified atom stereocenters. The number of Topliss-reactive ketones (excluding diaryl/α,β-unsaturated/α-hetero) is 1. The van der Waals surface area contributed by atoms with Crippen molar-refractivity contribution in [1.29, 1.82) is 0 Å². The molecule has 1 saturated heterocycles. The van der Waals surface area contributed by atoms with Crippen molar-refractivity contribution >= 4 is 11.7 Å². The van der Waals surface area contributed by atoms with Gasteiger partial charge in [-0.1, -0.05) is 60.2 Å². The molecule has 0 spiro atoms. The molecule has 0 N–H and O–H groups in total. The Balaban J connectivity index is 1.32. The van der Waals surface area contributed by atoms with Gasteiger partial charge in [0.1, 0.15) is 12.4 Å². The van der Waals surface area contributed by atoms with Crippen LogP contribution in [0.5, 0.6) is 5.75 Å². The first-order chi connectivity index (χ1) is 16.1. The van der Waals surface area contributed by atoms with Gasteiger partial charge in [0.25, 0.3) is 5.91 Å². The average Bonchev–Trinajstić information content (AvgIpc) is 2.84. The Morgan fingerprint density at radius 2 is 1.70 bits per heavy atom. The van der Waals surface area contributed by atoms with Gasteiger partial charge in [-0.3, -0.25) is 9.59 Å². The fourth-order valence-electron chi connectivity index (χ4n) is 5.29. The van der Waals surface area contributed by atoms with Gasteiger partial charge in [-0.25, -0.2) is 0 Å². The number of rotatable bonds is 4. The highest BCUT2D eigenvalue weighted by molar-refractivity contribution is 5.95. The Morgan fingerprint density at radius 3 is 2.45 bits per heavy atom. The number of hydrogen-bond acceptors (Lipinski definition) is 3. The van der Waals surface area contributed by atoms with Gasteiger partial charge in [0.05, 0.1) is 0 Å². The molecular formula is C29H29NO3. The highest BCUT2D eigenvalue weighted by Gasteiger charge is 2.31. The number of fused-ring (bicyclic) bond motifs is 1. The summed E-state index contributed by atoms with van der Waals surface area (Å²) in [6, 6.07) is 25.0. The lowest BCUT2D eigenvalue weighted by Crippen LogP contribution is -2.40. The minimum absolute atomic E-state index is 0.0427. The van der Waals surface area contributed by atoms with Crippen LogP contribution in [-0.2, 0) is 11.2 Å². The summed E-state index contributed by atoms with van der Waals surface area (Å²) in [6.07, 6.45) is 2.27. The van der Waals surface area contributed by atoms with Crippen LogP contribution in [0.2, 0.25) is 0 Å². The van der Waals surface area contributed by atoms with Crippen LogP contribution in [0, 0.1) is 12.8 Å². The first-order valence-electron chi connectivity index (χ1n) is 11.8. The monoisotopic (exact) mass is 439 g/mol. The molecule has 2 aliphatic rings. The van der Waals surface area contributed by atoms with Gasteiger partial charge < -0.3 is 9.64 Å². The molecule has 5 rings (SSSR count). The van der Waals surface area contributed by atoms with Crippen LogP contribution in [-0.4, -0.2) is 36.3 Å². The summed E-state index contributed by atoms with van der Waals surface area (Å²) in [7, 11) is 0. The molecule has 0 aliphatic carbocycles. The van der Waals surface area contributed by atoms with E-state index in [1.165, 1.54) is 16.7 Å². The predicted molar refractivity (Wildman–Crippen MR) is 129 cm³/mol. The first kappa shape index (κ1) is 21.4. The van der Waals surface area contributed by atoms with Gasteiger partial charge in [-0.15, -0.1) is 0 Å². The van der Waals surface area contributed by atoms with Gasteiger partial charge in [-0.05, 0) is 55.0 Å². The van der Waals surface area contributed by atoms with E-state index < -0.39 is 0 Å². The Kier molecular flexibility index (Phi) is 5.99. The quantitative estimate of drug-likeness (QED) is 0.563. The van der Waals surface area contributed by atoms with Crippen molar-refractivity contribution in [3.8, 4) is 5.75 Å². The lowest BCUT2D eigenvalue weighted by atomic mass is 9.76. The second-order valence-electron chi connectivity index (χ2n) is 9.26. The maximum absolute atomic E-state index is 13.2. The van der Waals surface area contributed by atoms with E-state index in [4.69, 9.17) is 4.74 Å². The van der Waals surface area contributed by atoms with E-state index in [1.54, 1.807) is 0 Å². The molecule has 3 aromatic rings. The summed E-state index contributed by atoms with van der Waals surface area (Å²) in [5.74, 6) is 1.62. The smallest absolute Gasteiger partial charge is 0.253 e. The molecule has 3 aromatic carbocycles. The normalized spacial score (nSPS) is 17.2. The van der Waals surface area contributed by atoms with E-state index in [1.807, 2.05) is 23.1 Å².